The SMILES string of the molecule is COc1cc(I)ccc1-n1cc(CCC(=O)c2ccc(Cl)s2)nn1.COc1cc(I)ccc1N.COc1cc(I)ccc1N=[N+]=[N-].O=C(CCc1cn(-c2ccc(-n3ccccc3=O)cc2OC(F)(F)F)nn1)c1ccc(Cl)s1. The number of thiophene rings is 2. The van der Waals surface area contributed by atoms with Gasteiger partial charge >= 0.3 is 6.36 Å². The molecule has 9 aromatic rings. The largest absolute Gasteiger partial charge is 0.573 e. The molecule has 0 atom stereocenters. The molecule has 9 rings (SSSR count). The van der Waals surface area contributed by atoms with Crippen LogP contribution in [-0.4, -0.2) is 73.8 Å². The van der Waals surface area contributed by atoms with Gasteiger partial charge < -0.3 is 24.7 Å². The molecule has 79 heavy (non-hydrogen) atoms. The van der Waals surface area contributed by atoms with Crippen molar-refractivity contribution in [2.45, 2.75) is 32.0 Å². The topological polar surface area (TPSA) is 229 Å². The summed E-state index contributed by atoms with van der Waals surface area (Å²) >= 11 is 20.8. The van der Waals surface area contributed by atoms with Crippen LogP contribution in [-0.2, 0) is 12.8 Å². The van der Waals surface area contributed by atoms with Crippen molar-refractivity contribution >= 4 is 137 Å². The third kappa shape index (κ3) is 18.7. The highest BCUT2D eigenvalue weighted by Crippen LogP contribution is 2.33. The molecular formula is C51H41Cl2F3I3N11O7S2. The molecule has 0 radical (unpaired) electrons. The third-order valence-electron chi connectivity index (χ3n) is 10.4. The number of ketones is 2. The molecule has 0 aliphatic rings. The molecule has 0 fully saturated rings. The Morgan fingerprint density at radius 3 is 1.68 bits per heavy atom. The summed E-state index contributed by atoms with van der Waals surface area (Å²) in [4.78, 5) is 40.3. The van der Waals surface area contributed by atoms with Gasteiger partial charge in [0.25, 0.3) is 5.56 Å². The van der Waals surface area contributed by atoms with Crippen molar-refractivity contribution in [2.75, 3.05) is 27.1 Å². The molecule has 5 aromatic heterocycles. The van der Waals surface area contributed by atoms with Crippen molar-refractivity contribution in [1.82, 2.24) is 34.6 Å². The number of Topliss-reactive ketones (excluding diaryl/α,β-unsaturated/α-hetero) is 2. The van der Waals surface area contributed by atoms with Crippen LogP contribution in [0.25, 0.3) is 27.5 Å². The number of carbonyl (C=O) groups excluding carboxylic acids is 2. The van der Waals surface area contributed by atoms with Gasteiger partial charge in [0.15, 0.2) is 17.3 Å². The highest BCUT2D eigenvalue weighted by atomic mass is 127. The number of azide groups is 1. The van der Waals surface area contributed by atoms with E-state index in [2.05, 4.69) is 103 Å². The maximum Gasteiger partial charge on any atom is 0.573 e. The number of carbonyl (C=O) groups is 2. The fourth-order valence-electron chi connectivity index (χ4n) is 6.72. The second-order valence-corrected chi connectivity index (χ2v) is 22.8. The van der Waals surface area contributed by atoms with Crippen LogP contribution in [0.4, 0.5) is 24.5 Å². The fourth-order valence-corrected chi connectivity index (χ4v) is 10.1. The first-order valence-corrected chi connectivity index (χ1v) is 28.2. The van der Waals surface area contributed by atoms with E-state index in [-0.39, 0.29) is 35.8 Å². The molecule has 0 unspecified atom stereocenters. The summed E-state index contributed by atoms with van der Waals surface area (Å²) < 4.78 is 67.1. The first kappa shape index (κ1) is 61.9. The molecule has 28 heteroatoms. The summed E-state index contributed by atoms with van der Waals surface area (Å²) in [6, 6.07) is 31.9. The van der Waals surface area contributed by atoms with Crippen molar-refractivity contribution in [3.05, 3.63) is 195 Å². The molecule has 2 N–H and O–H groups in total. The van der Waals surface area contributed by atoms with Gasteiger partial charge in [-0.1, -0.05) is 44.8 Å². The number of aryl methyl sites for hydroxylation is 2. The molecule has 0 spiro atoms. The Labute approximate surface area is 507 Å². The van der Waals surface area contributed by atoms with Crippen LogP contribution in [0.1, 0.15) is 43.6 Å². The smallest absolute Gasteiger partial charge is 0.496 e. The highest BCUT2D eigenvalue weighted by Gasteiger charge is 2.33. The number of hydrogen-bond acceptors (Lipinski definition) is 15. The van der Waals surface area contributed by atoms with Crippen LogP contribution < -0.4 is 30.2 Å². The molecule has 0 aliphatic heterocycles. The standard InChI is InChI=1S/C21H14ClF3N4O3S.C16H13ClIN3O2S.C7H6IN3O.C7H8INO/c22-19-9-8-18(33-19)16(30)7-4-13-12-29(27-26-13)15-6-5-14(11-17(15)32-21(23,24)25)28-10-2-1-3-20(28)31;1-23-14-8-10(18)2-4-12(14)21-9-11(19-20-21)3-5-13(22)15-6-7-16(17)24-15;1-12-7-4-5(8)2-3-6(7)10-11-9;1-10-7-4-5(8)2-3-6(7)9/h1-3,5-6,8-12H,4,7H2;2,4,6-9H,3,5H2,1H3;2-4H,1H3;2-4H,9H2,1H3. The predicted molar refractivity (Wildman–Crippen MR) is 323 cm³/mol. The minimum Gasteiger partial charge on any atom is -0.496 e. The number of ether oxygens (including phenoxy) is 4. The number of hydrogen-bond donors (Lipinski definition) is 1. The molecule has 410 valence electrons. The summed E-state index contributed by atoms with van der Waals surface area (Å²) in [5.41, 5.74) is 16.7. The predicted octanol–water partition coefficient (Wildman–Crippen LogP) is 14.4. The Morgan fingerprint density at radius 1 is 0.684 bits per heavy atom. The lowest BCUT2D eigenvalue weighted by Gasteiger charge is -2.15. The second kappa shape index (κ2) is 29.8. The van der Waals surface area contributed by atoms with Gasteiger partial charge in [0.1, 0.15) is 28.6 Å². The first-order chi connectivity index (χ1) is 37.8. The van der Waals surface area contributed by atoms with E-state index in [0.717, 1.165) is 44.3 Å². The fraction of sp³-hybridized carbons (Fsp3) is 0.157. The maximum absolute atomic E-state index is 13.0. The number of benzene rings is 4. The van der Waals surface area contributed by atoms with Gasteiger partial charge in [0.05, 0.1) is 80.6 Å². The Hall–Kier alpha value is -6.28. The van der Waals surface area contributed by atoms with Gasteiger partial charge in [0.2, 0.25) is 0 Å². The molecule has 0 saturated carbocycles. The van der Waals surface area contributed by atoms with Gasteiger partial charge in [-0.3, -0.25) is 19.0 Å². The van der Waals surface area contributed by atoms with Gasteiger partial charge in [-0.15, -0.1) is 46.0 Å². The zero-order valence-electron chi connectivity index (χ0n) is 41.3. The van der Waals surface area contributed by atoms with Crippen LogP contribution in [0.5, 0.6) is 23.0 Å². The lowest BCUT2D eigenvalue weighted by atomic mass is 10.1. The van der Waals surface area contributed by atoms with E-state index in [4.69, 9.17) is 48.7 Å². The quantitative estimate of drug-likeness (QED) is 0.0238. The van der Waals surface area contributed by atoms with Crippen LogP contribution in [0, 0.1) is 10.7 Å². The average molecular weight is 1490 g/mol. The summed E-state index contributed by atoms with van der Waals surface area (Å²) in [5.74, 6) is 1.44. The number of pyridine rings is 1. The van der Waals surface area contributed by atoms with E-state index < -0.39 is 17.7 Å². The molecule has 4 aromatic carbocycles. The van der Waals surface area contributed by atoms with E-state index >= 15 is 0 Å². The van der Waals surface area contributed by atoms with Crippen molar-refractivity contribution in [3.8, 4) is 40.1 Å². The normalized spacial score (nSPS) is 10.6. The van der Waals surface area contributed by atoms with Crippen LogP contribution in [0.15, 0.2) is 144 Å². The van der Waals surface area contributed by atoms with Crippen LogP contribution >= 0.6 is 114 Å². The number of nitrogens with two attached hydrogens (primary N) is 1. The molecule has 5 heterocycles. The second-order valence-electron chi connectivity index (χ2n) is 15.7. The Bertz CT molecular complexity index is 3670. The summed E-state index contributed by atoms with van der Waals surface area (Å²) in [6.45, 7) is 0. The number of rotatable bonds is 16. The van der Waals surface area contributed by atoms with Crippen molar-refractivity contribution < 1.29 is 41.7 Å². The van der Waals surface area contributed by atoms with E-state index in [0.29, 0.717) is 54.1 Å². The minimum atomic E-state index is -4.97. The third-order valence-corrected chi connectivity index (χ3v) is 14.9. The Morgan fingerprint density at radius 2 is 1.19 bits per heavy atom. The maximum atomic E-state index is 13.0. The number of halogens is 8. The molecule has 0 amide bonds. The molecule has 0 bridgehead atoms. The number of nitrogen functional groups attached to an aromatic ring is 1. The van der Waals surface area contributed by atoms with Gasteiger partial charge in [-0.25, -0.2) is 9.36 Å². The molecular weight excluding hydrogens is 1450 g/mol. The van der Waals surface area contributed by atoms with E-state index in [9.17, 15) is 27.6 Å². The van der Waals surface area contributed by atoms with Gasteiger partial charge in [-0.05, 0) is 170 Å². The van der Waals surface area contributed by atoms with Crippen molar-refractivity contribution in [1.29, 1.82) is 0 Å². The lowest BCUT2D eigenvalue weighted by Crippen LogP contribution is -2.20. The summed E-state index contributed by atoms with van der Waals surface area (Å²) in [6.07, 6.45) is 0.979. The average Bonchev–Trinajstić information content (AvgIpc) is 4.29. The monoisotopic (exact) mass is 1490 g/mol. The number of alkyl halides is 3. The van der Waals surface area contributed by atoms with E-state index in [1.54, 1.807) is 62.4 Å². The minimum absolute atomic E-state index is 0.0322. The lowest BCUT2D eigenvalue weighted by molar-refractivity contribution is -0.274. The van der Waals surface area contributed by atoms with Crippen molar-refractivity contribution in [2.24, 2.45) is 5.11 Å². The molecule has 18 nitrogen and oxygen atoms in total. The highest BCUT2D eigenvalue weighted by molar-refractivity contribution is 14.1. The summed E-state index contributed by atoms with van der Waals surface area (Å²) in [7, 11) is 4.78. The zero-order chi connectivity index (χ0) is 57.2. The van der Waals surface area contributed by atoms with E-state index in [1.807, 2.05) is 54.7 Å². The Kier molecular flexibility index (Phi) is 23.4. The first-order valence-electron chi connectivity index (χ1n) is 22.6. The summed E-state index contributed by atoms with van der Waals surface area (Å²) in [5, 5.41) is 19.6. The Balaban J connectivity index is 0.000000190. The van der Waals surface area contributed by atoms with Gasteiger partial charge in [-0.2, -0.15) is 0 Å². The zero-order valence-corrected chi connectivity index (χ0v) is 50.9. The number of methoxy groups -OCH3 is 3. The van der Waals surface area contributed by atoms with Gasteiger partial charge in [0, 0.05) is 59.6 Å². The van der Waals surface area contributed by atoms with E-state index in [1.165, 1.54) is 63.9 Å². The number of nitrogens with zero attached hydrogens (tertiary/aromatic N) is 10. The number of aromatic nitrogens is 7. The number of anilines is 1. The van der Waals surface area contributed by atoms with Crippen LogP contribution in [0.3, 0.4) is 0 Å². The van der Waals surface area contributed by atoms with Crippen molar-refractivity contribution in [3.63, 3.8) is 0 Å². The van der Waals surface area contributed by atoms with Crippen LogP contribution in [0.2, 0.25) is 8.67 Å². The molecule has 0 aliphatic carbocycles. The molecule has 0 saturated heterocycles.